The Morgan fingerprint density at radius 1 is 0.966 bits per heavy atom. The lowest BCUT2D eigenvalue weighted by molar-refractivity contribution is -0.115. The van der Waals surface area contributed by atoms with Gasteiger partial charge >= 0.3 is 0 Å². The number of piperidine rings is 1. The van der Waals surface area contributed by atoms with Crippen LogP contribution in [0.1, 0.15) is 35.7 Å². The number of carbonyl (C=O) groups is 2. The first-order chi connectivity index (χ1) is 14.1. The highest BCUT2D eigenvalue weighted by atomic mass is 16.2. The second-order valence-electron chi connectivity index (χ2n) is 7.92. The molecule has 4 rings (SSSR count). The van der Waals surface area contributed by atoms with Crippen molar-refractivity contribution in [2.75, 3.05) is 18.4 Å². The SMILES string of the molecule is CC1CCN(C(=O)c2cccc(NC(=O)Cc3cccc4ccccc34)c2)CC1. The van der Waals surface area contributed by atoms with E-state index in [0.717, 1.165) is 42.3 Å². The molecule has 1 N–H and O–H groups in total. The molecule has 0 atom stereocenters. The van der Waals surface area contributed by atoms with Gasteiger partial charge in [-0.3, -0.25) is 9.59 Å². The van der Waals surface area contributed by atoms with Gasteiger partial charge in [0, 0.05) is 24.3 Å². The molecule has 1 aliphatic rings. The van der Waals surface area contributed by atoms with Gasteiger partial charge in [0.15, 0.2) is 0 Å². The van der Waals surface area contributed by atoms with Crippen molar-refractivity contribution in [3.05, 3.63) is 77.9 Å². The fourth-order valence-corrected chi connectivity index (χ4v) is 3.95. The van der Waals surface area contributed by atoms with Crippen LogP contribution in [0.5, 0.6) is 0 Å². The van der Waals surface area contributed by atoms with Crippen molar-refractivity contribution in [2.24, 2.45) is 5.92 Å². The summed E-state index contributed by atoms with van der Waals surface area (Å²) in [5, 5.41) is 5.17. The van der Waals surface area contributed by atoms with Crippen molar-refractivity contribution in [1.29, 1.82) is 0 Å². The second kappa shape index (κ2) is 8.48. The Bertz CT molecular complexity index is 1030. The Kier molecular flexibility index (Phi) is 5.61. The van der Waals surface area contributed by atoms with Crippen molar-refractivity contribution in [1.82, 2.24) is 4.90 Å². The average molecular weight is 386 g/mol. The molecule has 1 heterocycles. The standard InChI is InChI=1S/C25H26N2O2/c1-18-12-14-27(15-13-18)25(29)21-9-5-10-22(16-21)26-24(28)17-20-8-4-7-19-6-2-3-11-23(19)20/h2-11,16,18H,12-15,17H2,1H3,(H,26,28). The fraction of sp³-hybridized carbons (Fsp3) is 0.280. The quantitative estimate of drug-likeness (QED) is 0.694. The Balaban J connectivity index is 1.45. The molecule has 2 amide bonds. The monoisotopic (exact) mass is 386 g/mol. The number of likely N-dealkylation sites (tertiary alicyclic amines) is 1. The van der Waals surface area contributed by atoms with Gasteiger partial charge in [0.2, 0.25) is 5.91 Å². The molecule has 0 bridgehead atoms. The molecule has 0 unspecified atom stereocenters. The number of rotatable bonds is 4. The van der Waals surface area contributed by atoms with Crippen LogP contribution in [0.15, 0.2) is 66.7 Å². The number of amides is 2. The molecule has 0 aliphatic carbocycles. The van der Waals surface area contributed by atoms with Crippen LogP contribution in [0.2, 0.25) is 0 Å². The molecule has 1 aliphatic heterocycles. The van der Waals surface area contributed by atoms with Gasteiger partial charge in [-0.15, -0.1) is 0 Å². The van der Waals surface area contributed by atoms with E-state index in [-0.39, 0.29) is 11.8 Å². The minimum atomic E-state index is -0.0854. The minimum absolute atomic E-state index is 0.0436. The Hall–Kier alpha value is -3.14. The van der Waals surface area contributed by atoms with E-state index in [2.05, 4.69) is 12.2 Å². The molecule has 148 valence electrons. The maximum atomic E-state index is 12.8. The fourth-order valence-electron chi connectivity index (χ4n) is 3.95. The summed E-state index contributed by atoms with van der Waals surface area (Å²) in [6.45, 7) is 3.84. The number of fused-ring (bicyclic) bond motifs is 1. The molecule has 0 aromatic heterocycles. The second-order valence-corrected chi connectivity index (χ2v) is 7.92. The molecule has 4 nitrogen and oxygen atoms in total. The summed E-state index contributed by atoms with van der Waals surface area (Å²) in [4.78, 5) is 27.3. The number of benzene rings is 3. The van der Waals surface area contributed by atoms with Crippen LogP contribution >= 0.6 is 0 Å². The van der Waals surface area contributed by atoms with Gasteiger partial charge in [-0.1, -0.05) is 55.5 Å². The zero-order valence-electron chi connectivity index (χ0n) is 16.7. The smallest absolute Gasteiger partial charge is 0.253 e. The Labute approximate surface area is 171 Å². The molecule has 0 saturated carbocycles. The summed E-state index contributed by atoms with van der Waals surface area (Å²) in [5.74, 6) is 0.638. The normalized spacial score (nSPS) is 14.7. The van der Waals surface area contributed by atoms with Crippen LogP contribution in [0, 0.1) is 5.92 Å². The lowest BCUT2D eigenvalue weighted by Gasteiger charge is -2.30. The molecule has 3 aromatic rings. The largest absolute Gasteiger partial charge is 0.339 e. The maximum Gasteiger partial charge on any atom is 0.253 e. The lowest BCUT2D eigenvalue weighted by Crippen LogP contribution is -2.37. The third-order valence-electron chi connectivity index (χ3n) is 5.70. The maximum absolute atomic E-state index is 12.8. The highest BCUT2D eigenvalue weighted by molar-refractivity contribution is 5.99. The summed E-state index contributed by atoms with van der Waals surface area (Å²) in [6.07, 6.45) is 2.39. The highest BCUT2D eigenvalue weighted by Crippen LogP contribution is 2.21. The lowest BCUT2D eigenvalue weighted by atomic mass is 9.98. The van der Waals surface area contributed by atoms with Crippen molar-refractivity contribution >= 4 is 28.3 Å². The summed E-state index contributed by atoms with van der Waals surface area (Å²) in [7, 11) is 0. The van der Waals surface area contributed by atoms with Gasteiger partial charge in [-0.25, -0.2) is 0 Å². The zero-order valence-corrected chi connectivity index (χ0v) is 16.7. The van der Waals surface area contributed by atoms with Gasteiger partial charge < -0.3 is 10.2 Å². The number of anilines is 1. The van der Waals surface area contributed by atoms with Crippen molar-refractivity contribution in [3.63, 3.8) is 0 Å². The molecule has 4 heteroatoms. The number of nitrogens with one attached hydrogen (secondary N) is 1. The summed E-state index contributed by atoms with van der Waals surface area (Å²) >= 11 is 0. The van der Waals surface area contributed by atoms with Gasteiger partial charge in [0.05, 0.1) is 6.42 Å². The predicted molar refractivity (Wildman–Crippen MR) is 117 cm³/mol. The van der Waals surface area contributed by atoms with Crippen LogP contribution < -0.4 is 5.32 Å². The van der Waals surface area contributed by atoms with Gasteiger partial charge in [-0.2, -0.15) is 0 Å². The Morgan fingerprint density at radius 2 is 1.69 bits per heavy atom. The average Bonchev–Trinajstić information content (AvgIpc) is 2.74. The molecule has 1 saturated heterocycles. The number of carbonyl (C=O) groups excluding carboxylic acids is 2. The van der Waals surface area contributed by atoms with E-state index in [9.17, 15) is 9.59 Å². The molecular weight excluding hydrogens is 360 g/mol. The Morgan fingerprint density at radius 3 is 2.52 bits per heavy atom. The van der Waals surface area contributed by atoms with Crippen LogP contribution in [-0.2, 0) is 11.2 Å². The third kappa shape index (κ3) is 4.48. The van der Waals surface area contributed by atoms with Crippen LogP contribution in [0.3, 0.4) is 0 Å². The minimum Gasteiger partial charge on any atom is -0.339 e. The van der Waals surface area contributed by atoms with Crippen LogP contribution in [0.25, 0.3) is 10.8 Å². The van der Waals surface area contributed by atoms with Gasteiger partial charge in [-0.05, 0) is 53.3 Å². The summed E-state index contributed by atoms with van der Waals surface area (Å²) < 4.78 is 0. The zero-order chi connectivity index (χ0) is 20.2. The number of hydrogen-bond donors (Lipinski definition) is 1. The van der Waals surface area contributed by atoms with Gasteiger partial charge in [0.1, 0.15) is 0 Å². The van der Waals surface area contributed by atoms with E-state index in [1.807, 2.05) is 65.6 Å². The number of hydrogen-bond acceptors (Lipinski definition) is 2. The van der Waals surface area contributed by atoms with Crippen molar-refractivity contribution in [3.8, 4) is 0 Å². The van der Waals surface area contributed by atoms with E-state index in [0.29, 0.717) is 23.6 Å². The topological polar surface area (TPSA) is 49.4 Å². The van der Waals surface area contributed by atoms with Crippen LogP contribution in [-0.4, -0.2) is 29.8 Å². The van der Waals surface area contributed by atoms with Crippen molar-refractivity contribution < 1.29 is 9.59 Å². The van der Waals surface area contributed by atoms with E-state index >= 15 is 0 Å². The van der Waals surface area contributed by atoms with Crippen molar-refractivity contribution in [2.45, 2.75) is 26.2 Å². The summed E-state index contributed by atoms with van der Waals surface area (Å²) in [6, 6.07) is 21.3. The van der Waals surface area contributed by atoms with E-state index in [1.54, 1.807) is 6.07 Å². The molecule has 0 radical (unpaired) electrons. The first-order valence-electron chi connectivity index (χ1n) is 10.3. The van der Waals surface area contributed by atoms with E-state index in [4.69, 9.17) is 0 Å². The third-order valence-corrected chi connectivity index (χ3v) is 5.70. The number of nitrogens with zero attached hydrogens (tertiary/aromatic N) is 1. The van der Waals surface area contributed by atoms with E-state index < -0.39 is 0 Å². The molecule has 0 spiro atoms. The summed E-state index contributed by atoms with van der Waals surface area (Å²) in [5.41, 5.74) is 2.28. The van der Waals surface area contributed by atoms with Crippen LogP contribution in [0.4, 0.5) is 5.69 Å². The first-order valence-corrected chi connectivity index (χ1v) is 10.3. The molecular formula is C25H26N2O2. The highest BCUT2D eigenvalue weighted by Gasteiger charge is 2.21. The first kappa shape index (κ1) is 19.2. The van der Waals surface area contributed by atoms with Gasteiger partial charge in [0.25, 0.3) is 5.91 Å². The molecule has 29 heavy (non-hydrogen) atoms. The predicted octanol–water partition coefficient (Wildman–Crippen LogP) is 4.89. The molecule has 3 aromatic carbocycles. The van der Waals surface area contributed by atoms with E-state index in [1.165, 1.54) is 0 Å². The molecule has 1 fully saturated rings.